The summed E-state index contributed by atoms with van der Waals surface area (Å²) in [5.41, 5.74) is 2.18. The van der Waals surface area contributed by atoms with Crippen molar-refractivity contribution >= 4 is 5.97 Å². The fourth-order valence-electron chi connectivity index (χ4n) is 3.98. The Bertz CT molecular complexity index is 1080. The summed E-state index contributed by atoms with van der Waals surface area (Å²) in [6.45, 7) is 5.52. The Labute approximate surface area is 220 Å². The third-order valence-corrected chi connectivity index (χ3v) is 6.19. The van der Waals surface area contributed by atoms with Gasteiger partial charge in [-0.2, -0.15) is 0 Å². The van der Waals surface area contributed by atoms with Crippen LogP contribution in [0.3, 0.4) is 0 Å². The number of carbonyl (C=O) groups is 1. The zero-order valence-corrected chi connectivity index (χ0v) is 22.1. The average molecular weight is 507 g/mol. The molecule has 0 spiro atoms. The highest BCUT2D eigenvalue weighted by Crippen LogP contribution is 2.26. The summed E-state index contributed by atoms with van der Waals surface area (Å²) in [5, 5.41) is 0. The Balaban J connectivity index is 1.47. The van der Waals surface area contributed by atoms with Crippen LogP contribution in [0.1, 0.15) is 82.0 Å². The Kier molecular flexibility index (Phi) is 12.0. The van der Waals surface area contributed by atoms with Crippen LogP contribution in [0.15, 0.2) is 66.7 Å². The Morgan fingerprint density at radius 2 is 1.19 bits per heavy atom. The standard InChI is InChI=1S/C32H39FO4/c1-3-5-7-8-9-11-22-35-28-17-12-25(13-18-28)26-14-19-29(20-15-26)37-32(34)27-16-21-31(30(33)24-27)36-23-10-6-4-2/h12-21,24H,3-11,22-23H2,1-2H3. The van der Waals surface area contributed by atoms with Crippen molar-refractivity contribution in [2.24, 2.45) is 0 Å². The van der Waals surface area contributed by atoms with Crippen molar-refractivity contribution in [2.45, 2.75) is 71.6 Å². The van der Waals surface area contributed by atoms with Crippen LogP contribution in [-0.2, 0) is 0 Å². The van der Waals surface area contributed by atoms with Gasteiger partial charge in [0.25, 0.3) is 0 Å². The molecule has 0 saturated carbocycles. The van der Waals surface area contributed by atoms with Gasteiger partial charge in [0.15, 0.2) is 11.6 Å². The second-order valence-electron chi connectivity index (χ2n) is 9.26. The fraction of sp³-hybridized carbons (Fsp3) is 0.406. The van der Waals surface area contributed by atoms with Crippen molar-refractivity contribution in [2.75, 3.05) is 13.2 Å². The molecule has 0 N–H and O–H groups in total. The van der Waals surface area contributed by atoms with Gasteiger partial charge in [-0.1, -0.05) is 83.1 Å². The molecule has 5 heteroatoms. The molecule has 0 aromatic heterocycles. The van der Waals surface area contributed by atoms with Crippen molar-refractivity contribution in [1.82, 2.24) is 0 Å². The molecule has 0 saturated heterocycles. The second kappa shape index (κ2) is 15.7. The van der Waals surface area contributed by atoms with E-state index in [9.17, 15) is 9.18 Å². The highest BCUT2D eigenvalue weighted by molar-refractivity contribution is 5.91. The number of benzene rings is 3. The zero-order valence-electron chi connectivity index (χ0n) is 22.1. The SMILES string of the molecule is CCCCCCCCOc1ccc(-c2ccc(OC(=O)c3ccc(OCCCCC)c(F)c3)cc2)cc1. The first-order valence-corrected chi connectivity index (χ1v) is 13.6. The van der Waals surface area contributed by atoms with Crippen molar-refractivity contribution < 1.29 is 23.4 Å². The molecule has 3 rings (SSSR count). The minimum absolute atomic E-state index is 0.138. The van der Waals surface area contributed by atoms with Crippen molar-refractivity contribution in [3.05, 3.63) is 78.1 Å². The molecule has 0 unspecified atom stereocenters. The maximum absolute atomic E-state index is 14.3. The summed E-state index contributed by atoms with van der Waals surface area (Å²) in [5.74, 6) is 0.230. The lowest BCUT2D eigenvalue weighted by atomic mass is 10.1. The summed E-state index contributed by atoms with van der Waals surface area (Å²) in [6, 6.07) is 19.4. The van der Waals surface area contributed by atoms with Gasteiger partial charge < -0.3 is 14.2 Å². The quantitative estimate of drug-likeness (QED) is 0.110. The van der Waals surface area contributed by atoms with Crippen LogP contribution < -0.4 is 14.2 Å². The first-order chi connectivity index (χ1) is 18.1. The normalized spacial score (nSPS) is 10.8. The van der Waals surface area contributed by atoms with Gasteiger partial charge in [0.2, 0.25) is 0 Å². The lowest BCUT2D eigenvalue weighted by Crippen LogP contribution is -2.09. The molecule has 0 atom stereocenters. The maximum atomic E-state index is 14.3. The third kappa shape index (κ3) is 9.56. The number of rotatable bonds is 16. The van der Waals surface area contributed by atoms with Gasteiger partial charge in [0.1, 0.15) is 11.5 Å². The van der Waals surface area contributed by atoms with E-state index in [0.29, 0.717) is 12.4 Å². The zero-order chi connectivity index (χ0) is 26.3. The molecule has 0 aliphatic rings. The third-order valence-electron chi connectivity index (χ3n) is 6.19. The largest absolute Gasteiger partial charge is 0.494 e. The van der Waals surface area contributed by atoms with E-state index in [2.05, 4.69) is 13.8 Å². The van der Waals surface area contributed by atoms with E-state index in [-0.39, 0.29) is 11.3 Å². The molecule has 37 heavy (non-hydrogen) atoms. The molecular formula is C32H39FO4. The van der Waals surface area contributed by atoms with E-state index in [4.69, 9.17) is 14.2 Å². The Morgan fingerprint density at radius 1 is 0.649 bits per heavy atom. The number of esters is 1. The fourth-order valence-corrected chi connectivity index (χ4v) is 3.98. The minimum Gasteiger partial charge on any atom is -0.494 e. The first-order valence-electron chi connectivity index (χ1n) is 13.6. The molecule has 0 aliphatic carbocycles. The number of hydrogen-bond donors (Lipinski definition) is 0. The monoisotopic (exact) mass is 506 g/mol. The van der Waals surface area contributed by atoms with Gasteiger partial charge in [-0.3, -0.25) is 0 Å². The van der Waals surface area contributed by atoms with E-state index in [1.165, 1.54) is 44.2 Å². The van der Waals surface area contributed by atoms with Gasteiger partial charge in [-0.25, -0.2) is 9.18 Å². The highest BCUT2D eigenvalue weighted by Gasteiger charge is 2.13. The predicted octanol–water partition coefficient (Wildman–Crippen LogP) is 9.02. The van der Waals surface area contributed by atoms with E-state index in [1.54, 1.807) is 12.1 Å². The molecule has 3 aromatic carbocycles. The first kappa shape index (κ1) is 28.2. The summed E-state index contributed by atoms with van der Waals surface area (Å²) < 4.78 is 31.1. The number of unbranched alkanes of at least 4 members (excludes halogenated alkanes) is 7. The lowest BCUT2D eigenvalue weighted by molar-refractivity contribution is 0.0734. The van der Waals surface area contributed by atoms with E-state index >= 15 is 0 Å². The predicted molar refractivity (Wildman–Crippen MR) is 147 cm³/mol. The molecule has 0 radical (unpaired) electrons. The van der Waals surface area contributed by atoms with Crippen LogP contribution in [0, 0.1) is 5.82 Å². The van der Waals surface area contributed by atoms with Crippen LogP contribution >= 0.6 is 0 Å². The molecule has 0 amide bonds. The number of hydrogen-bond acceptors (Lipinski definition) is 4. The van der Waals surface area contributed by atoms with Gasteiger partial charge in [0.05, 0.1) is 18.8 Å². The molecule has 0 aliphatic heterocycles. The van der Waals surface area contributed by atoms with Gasteiger partial charge in [-0.05, 0) is 66.4 Å². The van der Waals surface area contributed by atoms with Crippen LogP contribution in [0.5, 0.6) is 17.2 Å². The summed E-state index contributed by atoms with van der Waals surface area (Å²) in [4.78, 5) is 12.5. The minimum atomic E-state index is -0.615. The van der Waals surface area contributed by atoms with Gasteiger partial charge in [-0.15, -0.1) is 0 Å². The number of ether oxygens (including phenoxy) is 3. The van der Waals surface area contributed by atoms with Crippen molar-refractivity contribution in [1.29, 1.82) is 0 Å². The van der Waals surface area contributed by atoms with Crippen LogP contribution in [-0.4, -0.2) is 19.2 Å². The highest BCUT2D eigenvalue weighted by atomic mass is 19.1. The summed E-state index contributed by atoms with van der Waals surface area (Å²) >= 11 is 0. The molecule has 4 nitrogen and oxygen atoms in total. The van der Waals surface area contributed by atoms with Crippen LogP contribution in [0.25, 0.3) is 11.1 Å². The molecule has 198 valence electrons. The molecule has 0 heterocycles. The van der Waals surface area contributed by atoms with Crippen molar-refractivity contribution in [3.63, 3.8) is 0 Å². The maximum Gasteiger partial charge on any atom is 0.343 e. The molecule has 3 aromatic rings. The average Bonchev–Trinajstić information content (AvgIpc) is 2.92. The van der Waals surface area contributed by atoms with Crippen molar-refractivity contribution in [3.8, 4) is 28.4 Å². The van der Waals surface area contributed by atoms with E-state index in [1.807, 2.05) is 36.4 Å². The number of carbonyl (C=O) groups excluding carboxylic acids is 1. The Morgan fingerprint density at radius 3 is 1.84 bits per heavy atom. The van der Waals surface area contributed by atoms with E-state index < -0.39 is 11.8 Å². The summed E-state index contributed by atoms with van der Waals surface area (Å²) in [7, 11) is 0. The second-order valence-corrected chi connectivity index (χ2v) is 9.26. The van der Waals surface area contributed by atoms with Crippen LogP contribution in [0.2, 0.25) is 0 Å². The Hall–Kier alpha value is -3.34. The van der Waals surface area contributed by atoms with Gasteiger partial charge in [0, 0.05) is 0 Å². The molecule has 0 bridgehead atoms. The molecular weight excluding hydrogens is 467 g/mol. The topological polar surface area (TPSA) is 44.8 Å². The lowest BCUT2D eigenvalue weighted by Gasteiger charge is -2.10. The smallest absolute Gasteiger partial charge is 0.343 e. The number of halogens is 1. The van der Waals surface area contributed by atoms with Gasteiger partial charge >= 0.3 is 5.97 Å². The van der Waals surface area contributed by atoms with E-state index in [0.717, 1.165) is 55.2 Å². The van der Waals surface area contributed by atoms with Crippen LogP contribution in [0.4, 0.5) is 4.39 Å². The summed E-state index contributed by atoms with van der Waals surface area (Å²) in [6.07, 6.45) is 10.4. The molecule has 0 fully saturated rings.